The predicted octanol–water partition coefficient (Wildman–Crippen LogP) is 3.68. The van der Waals surface area contributed by atoms with Crippen molar-refractivity contribution < 1.29 is 4.79 Å². The Morgan fingerprint density at radius 2 is 1.65 bits per heavy atom. The van der Waals surface area contributed by atoms with Gasteiger partial charge in [-0.1, -0.05) is 29.3 Å². The minimum atomic E-state index is -0.0701. The zero-order valence-corrected chi connectivity index (χ0v) is 10.9. The fourth-order valence-electron chi connectivity index (χ4n) is 1.38. The van der Waals surface area contributed by atoms with Crippen molar-refractivity contribution in [2.75, 3.05) is 0 Å². The van der Waals surface area contributed by atoms with E-state index in [2.05, 4.69) is 5.32 Å². The number of hydrogen-bond donors (Lipinski definition) is 1. The van der Waals surface area contributed by atoms with Crippen LogP contribution in [0.4, 0.5) is 0 Å². The quantitative estimate of drug-likeness (QED) is 0.787. The third kappa shape index (κ3) is 4.27. The number of benzene rings is 1. The smallest absolute Gasteiger partial charge is 0.255 e. The summed E-state index contributed by atoms with van der Waals surface area (Å²) in [7, 11) is 0. The molecule has 2 nitrogen and oxygen atoms in total. The first-order chi connectivity index (χ1) is 8.00. The van der Waals surface area contributed by atoms with Crippen LogP contribution in [0.15, 0.2) is 53.3 Å². The van der Waals surface area contributed by atoms with Crippen LogP contribution in [0.2, 0.25) is 0 Å². The monoisotopic (exact) mass is 229 g/mol. The lowest BCUT2D eigenvalue weighted by molar-refractivity contribution is 0.0966. The molecule has 0 unspecified atom stereocenters. The molecule has 1 aromatic rings. The van der Waals surface area contributed by atoms with Gasteiger partial charge in [0, 0.05) is 11.3 Å². The van der Waals surface area contributed by atoms with Gasteiger partial charge in [0.25, 0.3) is 5.91 Å². The van der Waals surface area contributed by atoms with Gasteiger partial charge >= 0.3 is 0 Å². The number of carbonyl (C=O) groups is 1. The summed E-state index contributed by atoms with van der Waals surface area (Å²) >= 11 is 0. The van der Waals surface area contributed by atoms with Crippen molar-refractivity contribution in [3.8, 4) is 0 Å². The zero-order valence-electron chi connectivity index (χ0n) is 10.9. The van der Waals surface area contributed by atoms with Crippen LogP contribution < -0.4 is 5.32 Å². The lowest BCUT2D eigenvalue weighted by atomic mass is 10.1. The number of allylic oxidation sites excluding steroid dienone is 3. The van der Waals surface area contributed by atoms with Gasteiger partial charge < -0.3 is 5.32 Å². The Morgan fingerprint density at radius 1 is 1.06 bits per heavy atom. The number of hydrogen-bond acceptors (Lipinski definition) is 1. The van der Waals surface area contributed by atoms with Gasteiger partial charge in [0.15, 0.2) is 0 Å². The van der Waals surface area contributed by atoms with E-state index in [1.807, 2.05) is 52.0 Å². The number of nitrogens with one attached hydrogen (secondary N) is 1. The van der Waals surface area contributed by atoms with Gasteiger partial charge in [-0.15, -0.1) is 0 Å². The summed E-state index contributed by atoms with van der Waals surface area (Å²) in [5.41, 5.74) is 3.80. The highest BCUT2D eigenvalue weighted by molar-refractivity contribution is 5.95. The average Bonchev–Trinajstić information content (AvgIpc) is 2.28. The molecule has 1 N–H and O–H groups in total. The highest BCUT2D eigenvalue weighted by atomic mass is 16.1. The second kappa shape index (κ2) is 6.04. The Kier molecular flexibility index (Phi) is 4.70. The highest BCUT2D eigenvalue weighted by Gasteiger charge is 2.06. The summed E-state index contributed by atoms with van der Waals surface area (Å²) < 4.78 is 0. The van der Waals surface area contributed by atoms with E-state index in [0.717, 1.165) is 16.8 Å². The first-order valence-corrected chi connectivity index (χ1v) is 5.69. The Labute approximate surface area is 103 Å². The molecule has 2 heteroatoms. The Bertz CT molecular complexity index is 447. The molecule has 0 aromatic heterocycles. The van der Waals surface area contributed by atoms with Crippen LogP contribution in [0.3, 0.4) is 0 Å². The SMILES string of the molecule is CC(C)=CC(NC(=O)c1ccccc1)=C(C)C. The van der Waals surface area contributed by atoms with E-state index in [1.54, 1.807) is 12.1 Å². The van der Waals surface area contributed by atoms with Crippen LogP contribution in [-0.4, -0.2) is 5.91 Å². The highest BCUT2D eigenvalue weighted by Crippen LogP contribution is 2.07. The maximum absolute atomic E-state index is 12.0. The lowest BCUT2D eigenvalue weighted by Gasteiger charge is -2.09. The number of amides is 1. The summed E-state index contributed by atoms with van der Waals surface area (Å²) in [6.45, 7) is 8.00. The van der Waals surface area contributed by atoms with Crippen molar-refractivity contribution in [3.05, 3.63) is 58.8 Å². The summed E-state index contributed by atoms with van der Waals surface area (Å²) in [6.07, 6.45) is 1.98. The molecule has 1 amide bonds. The third-order valence-electron chi connectivity index (χ3n) is 2.26. The first kappa shape index (κ1) is 13.2. The molecule has 0 aliphatic rings. The van der Waals surface area contributed by atoms with E-state index in [4.69, 9.17) is 0 Å². The van der Waals surface area contributed by atoms with E-state index in [-0.39, 0.29) is 5.91 Å². The number of carbonyl (C=O) groups excluding carboxylic acids is 1. The van der Waals surface area contributed by atoms with Crippen molar-refractivity contribution in [1.29, 1.82) is 0 Å². The summed E-state index contributed by atoms with van der Waals surface area (Å²) in [5, 5.41) is 2.93. The van der Waals surface area contributed by atoms with Gasteiger partial charge in [0.1, 0.15) is 0 Å². The van der Waals surface area contributed by atoms with Crippen LogP contribution in [0, 0.1) is 0 Å². The third-order valence-corrected chi connectivity index (χ3v) is 2.26. The zero-order chi connectivity index (χ0) is 12.8. The van der Waals surface area contributed by atoms with Crippen LogP contribution in [-0.2, 0) is 0 Å². The molecule has 0 radical (unpaired) electrons. The molecular formula is C15H19NO. The van der Waals surface area contributed by atoms with Gasteiger partial charge in [-0.3, -0.25) is 4.79 Å². The molecule has 90 valence electrons. The molecule has 0 saturated carbocycles. The molecule has 0 atom stereocenters. The molecule has 0 spiro atoms. The van der Waals surface area contributed by atoms with Crippen LogP contribution in [0.25, 0.3) is 0 Å². The predicted molar refractivity (Wildman–Crippen MR) is 71.7 cm³/mol. The summed E-state index contributed by atoms with van der Waals surface area (Å²) in [4.78, 5) is 12.0. The molecule has 1 aromatic carbocycles. The maximum Gasteiger partial charge on any atom is 0.255 e. The standard InChI is InChI=1S/C15H19NO/c1-11(2)10-14(12(3)4)16-15(17)13-8-6-5-7-9-13/h5-10H,1-4H3,(H,16,17). The van der Waals surface area contributed by atoms with Crippen molar-refractivity contribution in [2.45, 2.75) is 27.7 Å². The molecule has 0 heterocycles. The summed E-state index contributed by atoms with van der Waals surface area (Å²) in [6, 6.07) is 9.23. The minimum Gasteiger partial charge on any atom is -0.322 e. The van der Waals surface area contributed by atoms with E-state index in [0.29, 0.717) is 5.56 Å². The van der Waals surface area contributed by atoms with E-state index >= 15 is 0 Å². The van der Waals surface area contributed by atoms with Crippen molar-refractivity contribution in [1.82, 2.24) is 5.32 Å². The molecule has 1 rings (SSSR count). The van der Waals surface area contributed by atoms with E-state index in [1.165, 1.54) is 0 Å². The molecule has 0 aliphatic heterocycles. The topological polar surface area (TPSA) is 29.1 Å². The van der Waals surface area contributed by atoms with Gasteiger partial charge in [0.05, 0.1) is 0 Å². The van der Waals surface area contributed by atoms with Gasteiger partial charge in [-0.2, -0.15) is 0 Å². The van der Waals surface area contributed by atoms with E-state index in [9.17, 15) is 4.79 Å². The lowest BCUT2D eigenvalue weighted by Crippen LogP contribution is -2.22. The Hall–Kier alpha value is -1.83. The van der Waals surface area contributed by atoms with Crippen molar-refractivity contribution in [3.63, 3.8) is 0 Å². The van der Waals surface area contributed by atoms with Gasteiger partial charge in [-0.25, -0.2) is 0 Å². The fraction of sp³-hybridized carbons (Fsp3) is 0.267. The second-order valence-electron chi connectivity index (χ2n) is 4.46. The van der Waals surface area contributed by atoms with Crippen molar-refractivity contribution in [2.24, 2.45) is 0 Å². The van der Waals surface area contributed by atoms with Crippen LogP contribution in [0.5, 0.6) is 0 Å². The second-order valence-corrected chi connectivity index (χ2v) is 4.46. The van der Waals surface area contributed by atoms with Crippen molar-refractivity contribution >= 4 is 5.91 Å². The Morgan fingerprint density at radius 3 is 2.12 bits per heavy atom. The number of rotatable bonds is 3. The van der Waals surface area contributed by atoms with E-state index < -0.39 is 0 Å². The molecule has 0 aliphatic carbocycles. The first-order valence-electron chi connectivity index (χ1n) is 5.69. The van der Waals surface area contributed by atoms with Gasteiger partial charge in [-0.05, 0) is 45.9 Å². The normalized spacial score (nSPS) is 9.41. The molecule has 0 saturated heterocycles. The largest absolute Gasteiger partial charge is 0.322 e. The minimum absolute atomic E-state index is 0.0701. The molecule has 0 fully saturated rings. The fourth-order valence-corrected chi connectivity index (χ4v) is 1.38. The maximum atomic E-state index is 12.0. The molecule has 17 heavy (non-hydrogen) atoms. The van der Waals surface area contributed by atoms with Crippen LogP contribution in [0.1, 0.15) is 38.1 Å². The molecule has 0 bridgehead atoms. The summed E-state index contributed by atoms with van der Waals surface area (Å²) in [5.74, 6) is -0.0701. The Balaban J connectivity index is 2.88. The van der Waals surface area contributed by atoms with Crippen LogP contribution >= 0.6 is 0 Å². The molecular weight excluding hydrogens is 210 g/mol. The average molecular weight is 229 g/mol. The van der Waals surface area contributed by atoms with Gasteiger partial charge in [0.2, 0.25) is 0 Å².